The number of nitrogens with two attached hydrogens (primary N) is 1. The molecule has 2 aromatic carbocycles. The lowest BCUT2D eigenvalue weighted by Crippen LogP contribution is -1.91. The minimum absolute atomic E-state index is 0.451. The van der Waals surface area contributed by atoms with Gasteiger partial charge in [-0.3, -0.25) is 0 Å². The first-order valence-corrected chi connectivity index (χ1v) is 5.46. The highest BCUT2D eigenvalue weighted by Crippen LogP contribution is 2.25. The molecule has 0 atom stereocenters. The summed E-state index contributed by atoms with van der Waals surface area (Å²) in [5, 5.41) is 18.0. The van der Waals surface area contributed by atoms with Crippen LogP contribution in [0.3, 0.4) is 0 Å². The Kier molecular flexibility index (Phi) is 3.00. The van der Waals surface area contributed by atoms with E-state index in [0.29, 0.717) is 16.8 Å². The average Bonchev–Trinajstić information content (AvgIpc) is 2.40. The van der Waals surface area contributed by atoms with E-state index in [1.165, 1.54) is 0 Å². The maximum atomic E-state index is 9.01. The monoisotopic (exact) mass is 233 g/mol. The third-order valence-electron chi connectivity index (χ3n) is 2.87. The van der Waals surface area contributed by atoms with E-state index in [1.54, 1.807) is 12.1 Å². The molecule has 0 aliphatic rings. The molecule has 0 fully saturated rings. The van der Waals surface area contributed by atoms with Crippen LogP contribution in [0.2, 0.25) is 0 Å². The number of nitrogens with zero attached hydrogens (tertiary/aromatic N) is 2. The van der Waals surface area contributed by atoms with Crippen molar-refractivity contribution in [1.82, 2.24) is 0 Å². The topological polar surface area (TPSA) is 73.6 Å². The summed E-state index contributed by atoms with van der Waals surface area (Å²) in [5.74, 6) is 0. The van der Waals surface area contributed by atoms with E-state index in [0.717, 1.165) is 16.7 Å². The fourth-order valence-corrected chi connectivity index (χ4v) is 1.75. The van der Waals surface area contributed by atoms with Gasteiger partial charge in [0.15, 0.2) is 0 Å². The van der Waals surface area contributed by atoms with Gasteiger partial charge < -0.3 is 5.73 Å². The van der Waals surface area contributed by atoms with Crippen molar-refractivity contribution in [3.63, 3.8) is 0 Å². The zero-order valence-electron chi connectivity index (χ0n) is 9.94. The Morgan fingerprint density at radius 1 is 0.889 bits per heavy atom. The van der Waals surface area contributed by atoms with Crippen molar-refractivity contribution in [3.8, 4) is 23.3 Å². The molecule has 0 aromatic heterocycles. The van der Waals surface area contributed by atoms with E-state index >= 15 is 0 Å². The van der Waals surface area contributed by atoms with Gasteiger partial charge in [0, 0.05) is 5.69 Å². The SMILES string of the molecule is Cc1ccc(-c2ccc(N)c(C#N)c2)cc1C#N. The van der Waals surface area contributed by atoms with Crippen LogP contribution in [0.15, 0.2) is 36.4 Å². The number of anilines is 1. The first-order valence-electron chi connectivity index (χ1n) is 5.46. The lowest BCUT2D eigenvalue weighted by Gasteiger charge is -2.06. The van der Waals surface area contributed by atoms with Crippen LogP contribution in [-0.4, -0.2) is 0 Å². The molecular formula is C15H11N3. The van der Waals surface area contributed by atoms with Gasteiger partial charge >= 0.3 is 0 Å². The molecule has 3 nitrogen and oxygen atoms in total. The highest BCUT2D eigenvalue weighted by molar-refractivity contribution is 5.71. The van der Waals surface area contributed by atoms with Crippen LogP contribution in [0.25, 0.3) is 11.1 Å². The summed E-state index contributed by atoms with van der Waals surface area (Å²) >= 11 is 0. The molecule has 0 bridgehead atoms. The molecule has 2 aromatic rings. The van der Waals surface area contributed by atoms with Gasteiger partial charge in [-0.2, -0.15) is 10.5 Å². The molecule has 0 aliphatic heterocycles. The zero-order valence-corrected chi connectivity index (χ0v) is 9.94. The third-order valence-corrected chi connectivity index (χ3v) is 2.87. The molecule has 2 rings (SSSR count). The molecule has 3 heteroatoms. The second kappa shape index (κ2) is 4.61. The summed E-state index contributed by atoms with van der Waals surface area (Å²) < 4.78 is 0. The van der Waals surface area contributed by atoms with E-state index in [9.17, 15) is 0 Å². The van der Waals surface area contributed by atoms with E-state index in [1.807, 2.05) is 31.2 Å². The number of hydrogen-bond donors (Lipinski definition) is 1. The molecular weight excluding hydrogens is 222 g/mol. The molecule has 0 heterocycles. The van der Waals surface area contributed by atoms with Gasteiger partial charge in [-0.15, -0.1) is 0 Å². The number of hydrogen-bond acceptors (Lipinski definition) is 3. The summed E-state index contributed by atoms with van der Waals surface area (Å²) in [4.78, 5) is 0. The Labute approximate surface area is 106 Å². The van der Waals surface area contributed by atoms with Crippen LogP contribution in [-0.2, 0) is 0 Å². The summed E-state index contributed by atoms with van der Waals surface area (Å²) in [7, 11) is 0. The van der Waals surface area contributed by atoms with Crippen molar-refractivity contribution in [2.45, 2.75) is 6.92 Å². The van der Waals surface area contributed by atoms with Crippen molar-refractivity contribution < 1.29 is 0 Å². The van der Waals surface area contributed by atoms with Gasteiger partial charge in [-0.1, -0.05) is 18.2 Å². The second-order valence-corrected chi connectivity index (χ2v) is 4.06. The normalized spacial score (nSPS) is 9.50. The third kappa shape index (κ3) is 2.03. The van der Waals surface area contributed by atoms with Crippen LogP contribution in [0, 0.1) is 29.6 Å². The Bertz CT molecular complexity index is 626. The lowest BCUT2D eigenvalue weighted by molar-refractivity contribution is 1.39. The van der Waals surface area contributed by atoms with Gasteiger partial charge in [0.05, 0.1) is 17.2 Å². The van der Waals surface area contributed by atoms with E-state index in [-0.39, 0.29) is 0 Å². The Morgan fingerprint density at radius 2 is 1.44 bits per heavy atom. The predicted molar refractivity (Wildman–Crippen MR) is 70.5 cm³/mol. The summed E-state index contributed by atoms with van der Waals surface area (Å²) in [5.41, 5.74) is 9.98. The lowest BCUT2D eigenvalue weighted by atomic mass is 9.98. The fourth-order valence-electron chi connectivity index (χ4n) is 1.75. The van der Waals surface area contributed by atoms with E-state index in [2.05, 4.69) is 12.1 Å². The standard InChI is InChI=1S/C15H11N3/c1-10-2-3-11(6-13(10)8-16)12-4-5-15(18)14(7-12)9-17/h2-7H,18H2,1H3. The smallest absolute Gasteiger partial charge is 0.101 e. The van der Waals surface area contributed by atoms with E-state index in [4.69, 9.17) is 16.3 Å². The molecule has 0 amide bonds. The molecule has 0 aliphatic carbocycles. The minimum atomic E-state index is 0.451. The molecule has 2 N–H and O–H groups in total. The molecule has 0 unspecified atom stereocenters. The van der Waals surface area contributed by atoms with Crippen molar-refractivity contribution in [2.75, 3.05) is 5.73 Å². The maximum absolute atomic E-state index is 9.01. The maximum Gasteiger partial charge on any atom is 0.101 e. The van der Waals surface area contributed by atoms with Crippen molar-refractivity contribution in [1.29, 1.82) is 10.5 Å². The number of rotatable bonds is 1. The van der Waals surface area contributed by atoms with Crippen molar-refractivity contribution >= 4 is 5.69 Å². The Morgan fingerprint density at radius 3 is 2.06 bits per heavy atom. The number of benzene rings is 2. The molecule has 0 saturated carbocycles. The van der Waals surface area contributed by atoms with Crippen molar-refractivity contribution in [3.05, 3.63) is 53.1 Å². The Balaban J connectivity index is 2.57. The van der Waals surface area contributed by atoms with Gasteiger partial charge in [0.1, 0.15) is 6.07 Å². The minimum Gasteiger partial charge on any atom is -0.398 e. The van der Waals surface area contributed by atoms with Gasteiger partial charge in [0.25, 0.3) is 0 Å². The van der Waals surface area contributed by atoms with Gasteiger partial charge in [-0.25, -0.2) is 0 Å². The Hall–Kier alpha value is -2.78. The highest BCUT2D eigenvalue weighted by atomic mass is 14.6. The molecule has 0 radical (unpaired) electrons. The quantitative estimate of drug-likeness (QED) is 0.769. The van der Waals surface area contributed by atoms with E-state index < -0.39 is 0 Å². The first kappa shape index (κ1) is 11.7. The van der Waals surface area contributed by atoms with Gasteiger partial charge in [-0.05, 0) is 41.8 Å². The molecule has 86 valence electrons. The number of nitriles is 2. The van der Waals surface area contributed by atoms with Crippen LogP contribution >= 0.6 is 0 Å². The summed E-state index contributed by atoms with van der Waals surface area (Å²) in [6.45, 7) is 1.89. The number of aryl methyl sites for hydroxylation is 1. The van der Waals surface area contributed by atoms with Crippen LogP contribution in [0.1, 0.15) is 16.7 Å². The van der Waals surface area contributed by atoms with Crippen LogP contribution < -0.4 is 5.73 Å². The predicted octanol–water partition coefficient (Wildman–Crippen LogP) is 2.99. The molecule has 0 saturated heterocycles. The number of nitrogen functional groups attached to an aromatic ring is 1. The second-order valence-electron chi connectivity index (χ2n) is 4.06. The van der Waals surface area contributed by atoms with Gasteiger partial charge in [0.2, 0.25) is 0 Å². The average molecular weight is 233 g/mol. The fraction of sp³-hybridized carbons (Fsp3) is 0.0667. The van der Waals surface area contributed by atoms with Crippen LogP contribution in [0.4, 0.5) is 5.69 Å². The molecule has 18 heavy (non-hydrogen) atoms. The summed E-state index contributed by atoms with van der Waals surface area (Å²) in [6, 6.07) is 15.2. The highest BCUT2D eigenvalue weighted by Gasteiger charge is 2.05. The molecule has 0 spiro atoms. The first-order chi connectivity index (χ1) is 8.65. The zero-order chi connectivity index (χ0) is 13.1. The van der Waals surface area contributed by atoms with Crippen molar-refractivity contribution in [2.24, 2.45) is 0 Å². The summed E-state index contributed by atoms with van der Waals surface area (Å²) in [6.07, 6.45) is 0. The largest absolute Gasteiger partial charge is 0.398 e. The van der Waals surface area contributed by atoms with Crippen LogP contribution in [0.5, 0.6) is 0 Å².